The number of benzene rings is 2. The Labute approximate surface area is 196 Å². The molecule has 1 aliphatic rings. The largest absolute Gasteiger partial charge is 0.459 e. The van der Waals surface area contributed by atoms with E-state index < -0.39 is 28.1 Å². The molecule has 1 saturated heterocycles. The number of likely N-dealkylation sites (tertiary alicyclic amines) is 1. The Morgan fingerprint density at radius 1 is 1.03 bits per heavy atom. The Bertz CT molecular complexity index is 1030. The maximum absolute atomic E-state index is 13.5. The maximum atomic E-state index is 13.5. The number of carbonyl (C=O) groups excluding carboxylic acids is 2. The van der Waals surface area contributed by atoms with Crippen LogP contribution in [0.2, 0.25) is 0 Å². The molecular formula is C25H32N2O5S. The van der Waals surface area contributed by atoms with Crippen LogP contribution < -0.4 is 4.72 Å². The summed E-state index contributed by atoms with van der Waals surface area (Å²) in [6, 6.07) is 15.7. The van der Waals surface area contributed by atoms with Crippen molar-refractivity contribution in [3.8, 4) is 0 Å². The van der Waals surface area contributed by atoms with Crippen molar-refractivity contribution >= 4 is 21.9 Å². The van der Waals surface area contributed by atoms with Gasteiger partial charge in [-0.25, -0.2) is 13.2 Å². The highest BCUT2D eigenvalue weighted by molar-refractivity contribution is 7.89. The lowest BCUT2D eigenvalue weighted by Crippen LogP contribution is -2.56. The normalized spacial score (nSPS) is 17.5. The minimum Gasteiger partial charge on any atom is -0.459 e. The van der Waals surface area contributed by atoms with Crippen molar-refractivity contribution in [2.75, 3.05) is 6.54 Å². The van der Waals surface area contributed by atoms with Crippen LogP contribution in [0.25, 0.3) is 0 Å². The number of nitrogens with zero attached hydrogens (tertiary/aromatic N) is 1. The molecule has 0 spiro atoms. The molecule has 1 heterocycles. The van der Waals surface area contributed by atoms with Crippen LogP contribution in [-0.4, -0.2) is 43.8 Å². The molecule has 2 aromatic rings. The van der Waals surface area contributed by atoms with E-state index in [0.717, 1.165) is 18.4 Å². The number of piperidine rings is 1. The molecule has 0 unspecified atom stereocenters. The van der Waals surface area contributed by atoms with Crippen molar-refractivity contribution in [3.05, 3.63) is 66.2 Å². The minimum absolute atomic E-state index is 0.0747. The van der Waals surface area contributed by atoms with Gasteiger partial charge in [-0.15, -0.1) is 0 Å². The van der Waals surface area contributed by atoms with Crippen LogP contribution in [0.1, 0.15) is 45.1 Å². The first-order valence-corrected chi connectivity index (χ1v) is 12.8. The van der Waals surface area contributed by atoms with E-state index in [1.807, 2.05) is 44.2 Å². The zero-order chi connectivity index (χ0) is 23.8. The lowest BCUT2D eigenvalue weighted by Gasteiger charge is -2.36. The number of hydrogen-bond donors (Lipinski definition) is 1. The molecule has 1 aliphatic heterocycles. The van der Waals surface area contributed by atoms with Gasteiger partial charge in [-0.1, -0.05) is 62.4 Å². The van der Waals surface area contributed by atoms with Gasteiger partial charge in [-0.3, -0.25) is 4.79 Å². The Morgan fingerprint density at radius 2 is 1.67 bits per heavy atom. The van der Waals surface area contributed by atoms with Crippen LogP contribution in [-0.2, 0) is 31.0 Å². The third kappa shape index (κ3) is 6.88. The minimum atomic E-state index is -3.89. The molecular weight excluding hydrogens is 440 g/mol. The molecule has 0 aromatic heterocycles. The van der Waals surface area contributed by atoms with Crippen molar-refractivity contribution in [3.63, 3.8) is 0 Å². The summed E-state index contributed by atoms with van der Waals surface area (Å²) in [5, 5.41) is 0. The van der Waals surface area contributed by atoms with E-state index in [9.17, 15) is 18.0 Å². The number of amides is 1. The van der Waals surface area contributed by atoms with Crippen LogP contribution in [0.4, 0.5) is 0 Å². The molecule has 2 atom stereocenters. The Kier molecular flexibility index (Phi) is 8.63. The zero-order valence-corrected chi connectivity index (χ0v) is 20.0. The standard InChI is InChI=1S/C25H32N2O5S/c1-19(2)17-22(26-33(30,31)21-13-7-4-8-14-21)24(28)27-16-10-9-15-23(27)25(29)32-18-20-11-5-3-6-12-20/h3-8,11-14,19,22-23,26H,9-10,15-18H2,1-2H3/t22-,23-/m0/s1. The first kappa shape index (κ1) is 24.9. The molecule has 0 bridgehead atoms. The average molecular weight is 473 g/mol. The summed E-state index contributed by atoms with van der Waals surface area (Å²) in [6.07, 6.45) is 2.39. The molecule has 1 fully saturated rings. The van der Waals surface area contributed by atoms with E-state index in [1.54, 1.807) is 18.2 Å². The Morgan fingerprint density at radius 3 is 2.30 bits per heavy atom. The molecule has 33 heavy (non-hydrogen) atoms. The highest BCUT2D eigenvalue weighted by Gasteiger charge is 2.38. The summed E-state index contributed by atoms with van der Waals surface area (Å²) in [5.74, 6) is -0.767. The highest BCUT2D eigenvalue weighted by atomic mass is 32.2. The van der Waals surface area contributed by atoms with Crippen molar-refractivity contribution < 1.29 is 22.7 Å². The van der Waals surface area contributed by atoms with Gasteiger partial charge in [0.25, 0.3) is 0 Å². The second-order valence-corrected chi connectivity index (χ2v) is 10.5. The maximum Gasteiger partial charge on any atom is 0.329 e. The van der Waals surface area contributed by atoms with Crippen molar-refractivity contribution in [1.82, 2.24) is 9.62 Å². The molecule has 1 N–H and O–H groups in total. The Hall–Kier alpha value is -2.71. The van der Waals surface area contributed by atoms with Crippen LogP contribution in [0.5, 0.6) is 0 Å². The second kappa shape index (κ2) is 11.4. The van der Waals surface area contributed by atoms with E-state index in [-0.39, 0.29) is 23.3 Å². The van der Waals surface area contributed by atoms with Gasteiger partial charge in [0, 0.05) is 6.54 Å². The number of esters is 1. The van der Waals surface area contributed by atoms with Gasteiger partial charge in [-0.05, 0) is 49.3 Å². The van der Waals surface area contributed by atoms with Gasteiger partial charge >= 0.3 is 5.97 Å². The summed E-state index contributed by atoms with van der Waals surface area (Å²) in [7, 11) is -3.89. The summed E-state index contributed by atoms with van der Waals surface area (Å²) >= 11 is 0. The lowest BCUT2D eigenvalue weighted by molar-refractivity contribution is -0.158. The topological polar surface area (TPSA) is 92.8 Å². The smallest absolute Gasteiger partial charge is 0.329 e. The molecule has 178 valence electrons. The fraction of sp³-hybridized carbons (Fsp3) is 0.440. The molecule has 3 rings (SSSR count). The number of sulfonamides is 1. The van der Waals surface area contributed by atoms with Gasteiger partial charge < -0.3 is 9.64 Å². The molecule has 7 nitrogen and oxygen atoms in total. The first-order valence-electron chi connectivity index (χ1n) is 11.4. The predicted molar refractivity (Wildman–Crippen MR) is 126 cm³/mol. The van der Waals surface area contributed by atoms with E-state index in [2.05, 4.69) is 4.72 Å². The second-order valence-electron chi connectivity index (χ2n) is 8.75. The average Bonchev–Trinajstić information content (AvgIpc) is 2.82. The summed E-state index contributed by atoms with van der Waals surface area (Å²) in [6.45, 7) is 4.39. The van der Waals surface area contributed by atoms with Crippen LogP contribution in [0.15, 0.2) is 65.6 Å². The van der Waals surface area contributed by atoms with E-state index in [4.69, 9.17) is 4.74 Å². The van der Waals surface area contributed by atoms with Gasteiger partial charge in [0.05, 0.1) is 4.90 Å². The lowest BCUT2D eigenvalue weighted by atomic mass is 9.98. The van der Waals surface area contributed by atoms with Gasteiger partial charge in [-0.2, -0.15) is 4.72 Å². The highest BCUT2D eigenvalue weighted by Crippen LogP contribution is 2.22. The van der Waals surface area contributed by atoms with Gasteiger partial charge in [0.1, 0.15) is 18.7 Å². The number of hydrogen-bond acceptors (Lipinski definition) is 5. The van der Waals surface area contributed by atoms with Crippen molar-refractivity contribution in [2.24, 2.45) is 5.92 Å². The predicted octanol–water partition coefficient (Wildman–Crippen LogP) is 3.50. The van der Waals surface area contributed by atoms with Gasteiger partial charge in [0.2, 0.25) is 15.9 Å². The van der Waals surface area contributed by atoms with Crippen LogP contribution >= 0.6 is 0 Å². The van der Waals surface area contributed by atoms with Crippen LogP contribution in [0.3, 0.4) is 0 Å². The van der Waals surface area contributed by atoms with E-state index in [0.29, 0.717) is 19.4 Å². The molecule has 0 radical (unpaired) electrons. The molecule has 8 heteroatoms. The number of carbonyl (C=O) groups is 2. The quantitative estimate of drug-likeness (QED) is 0.564. The first-order chi connectivity index (χ1) is 15.8. The molecule has 0 saturated carbocycles. The van der Waals surface area contributed by atoms with Gasteiger partial charge in [0.15, 0.2) is 0 Å². The molecule has 2 aromatic carbocycles. The number of nitrogens with one attached hydrogen (secondary N) is 1. The third-order valence-corrected chi connectivity index (χ3v) is 7.13. The summed E-state index contributed by atoms with van der Waals surface area (Å²) in [5.41, 5.74) is 0.868. The van der Waals surface area contributed by atoms with Crippen molar-refractivity contribution in [1.29, 1.82) is 0 Å². The monoisotopic (exact) mass is 472 g/mol. The summed E-state index contributed by atoms with van der Waals surface area (Å²) < 4.78 is 33.9. The number of ether oxygens (including phenoxy) is 1. The molecule has 1 amide bonds. The fourth-order valence-corrected chi connectivity index (χ4v) is 5.21. The third-order valence-electron chi connectivity index (χ3n) is 5.64. The fourth-order valence-electron chi connectivity index (χ4n) is 3.99. The Balaban J connectivity index is 1.75. The number of rotatable bonds is 9. The zero-order valence-electron chi connectivity index (χ0n) is 19.1. The SMILES string of the molecule is CC(C)C[C@H](NS(=O)(=O)c1ccccc1)C(=O)N1CCCC[C@H]1C(=O)OCc1ccccc1. The van der Waals surface area contributed by atoms with E-state index in [1.165, 1.54) is 17.0 Å². The summed E-state index contributed by atoms with van der Waals surface area (Å²) in [4.78, 5) is 28.0. The van der Waals surface area contributed by atoms with E-state index >= 15 is 0 Å². The van der Waals surface area contributed by atoms with Crippen molar-refractivity contribution in [2.45, 2.75) is 63.1 Å². The molecule has 0 aliphatic carbocycles. The van der Waals surface area contributed by atoms with Crippen LogP contribution in [0, 0.1) is 5.92 Å².